The van der Waals surface area contributed by atoms with Crippen LogP contribution >= 0.6 is 15.9 Å². The van der Waals surface area contributed by atoms with E-state index in [1.807, 2.05) is 37.3 Å². The second kappa shape index (κ2) is 23.5. The first kappa shape index (κ1) is 46.6. The molecule has 0 spiro atoms. The minimum Gasteiger partial charge on any atom is -0.496 e. The lowest BCUT2D eigenvalue weighted by atomic mass is 10.1. The van der Waals surface area contributed by atoms with Crippen LogP contribution in [0.1, 0.15) is 48.6 Å². The quantitative estimate of drug-likeness (QED) is 0.0805. The van der Waals surface area contributed by atoms with Crippen molar-refractivity contribution in [1.82, 2.24) is 9.97 Å². The van der Waals surface area contributed by atoms with Gasteiger partial charge >= 0.3 is 24.7 Å². The number of aromatic nitrogens is 2. The zero-order valence-corrected chi connectivity index (χ0v) is 26.3. The number of benzene rings is 2. The summed E-state index contributed by atoms with van der Waals surface area (Å²) in [6.07, 6.45) is -5.69. The number of carbonyl (C=O) groups is 1. The van der Waals surface area contributed by atoms with Gasteiger partial charge in [-0.1, -0.05) is 49.3 Å². The normalized spacial score (nSPS) is 9.68. The Morgan fingerprint density at radius 2 is 1.34 bits per heavy atom. The van der Waals surface area contributed by atoms with E-state index in [1.165, 1.54) is 12.7 Å². The van der Waals surface area contributed by atoms with Gasteiger partial charge in [-0.3, -0.25) is 10.2 Å². The number of ketones is 1. The highest BCUT2D eigenvalue weighted by atomic mass is 79.9. The van der Waals surface area contributed by atoms with E-state index in [1.54, 1.807) is 13.2 Å². The molecule has 0 aliphatic rings. The van der Waals surface area contributed by atoms with Crippen LogP contribution in [0, 0.1) is 5.41 Å². The Kier molecular flexibility index (Phi) is 23.3. The van der Waals surface area contributed by atoms with Crippen molar-refractivity contribution in [2.24, 2.45) is 5.73 Å². The van der Waals surface area contributed by atoms with E-state index < -0.39 is 24.0 Å². The first-order valence-electron chi connectivity index (χ1n) is 12.4. The molecule has 0 saturated heterocycles. The van der Waals surface area contributed by atoms with Crippen LogP contribution in [0.25, 0.3) is 11.3 Å². The number of ether oxygens (including phenoxy) is 2. The largest absolute Gasteiger partial charge is 0.496 e. The molecular formula is C29H33BrF6N4O7. The average molecular weight is 743 g/mol. The van der Waals surface area contributed by atoms with Crippen molar-refractivity contribution in [3.05, 3.63) is 65.1 Å². The molecule has 260 valence electrons. The van der Waals surface area contributed by atoms with Gasteiger partial charge in [0.2, 0.25) is 5.82 Å². The second-order valence-corrected chi connectivity index (χ2v) is 8.62. The minimum atomic E-state index is -4.64. The van der Waals surface area contributed by atoms with Gasteiger partial charge in [0.05, 0.1) is 37.0 Å². The maximum absolute atomic E-state index is 12.5. The topological polar surface area (TPSA) is 182 Å². The average Bonchev–Trinajstić information content (AvgIpc) is 3.52. The van der Waals surface area contributed by atoms with E-state index in [0.29, 0.717) is 28.0 Å². The number of hydrogen-bond donors (Lipinski definition) is 3. The van der Waals surface area contributed by atoms with E-state index in [9.17, 15) is 31.1 Å². The maximum atomic E-state index is 12.5. The Bertz CT molecular complexity index is 1450. The number of rotatable bonds is 7. The lowest BCUT2D eigenvalue weighted by molar-refractivity contribution is -0.193. The fourth-order valence-electron chi connectivity index (χ4n) is 3.04. The summed E-state index contributed by atoms with van der Waals surface area (Å²) in [6, 6.07) is 11.1. The van der Waals surface area contributed by atoms with E-state index in [-0.39, 0.29) is 31.2 Å². The number of hydrogen-bond acceptors (Lipinski definition) is 9. The van der Waals surface area contributed by atoms with E-state index in [2.05, 4.69) is 38.6 Å². The van der Waals surface area contributed by atoms with Crippen molar-refractivity contribution in [2.45, 2.75) is 46.5 Å². The number of nitrogens with one attached hydrogen (secondary N) is 2. The van der Waals surface area contributed by atoms with Crippen molar-refractivity contribution in [2.75, 3.05) is 19.5 Å². The van der Waals surface area contributed by atoms with Crippen molar-refractivity contribution < 1.29 is 59.8 Å². The predicted molar refractivity (Wildman–Crippen MR) is 160 cm³/mol. The van der Waals surface area contributed by atoms with Crippen molar-refractivity contribution in [1.29, 1.82) is 5.41 Å². The number of aryl methyl sites for hydroxylation is 2. The summed E-state index contributed by atoms with van der Waals surface area (Å²) >= 11 is 3.15. The molecule has 3 rings (SSSR count). The SMILES string of the molecule is C.CCc1ccc(-c2cnc(C(F)(F)F)[nH]2)c(OC)c1.CCc1ccc(C(=O)CBr)c(OC)c1.N=C(N)C(F)(F)F.O=C=O.O=C=O. The van der Waals surface area contributed by atoms with Gasteiger partial charge in [-0.15, -0.1) is 0 Å². The Hall–Kier alpha value is -4.79. The van der Waals surface area contributed by atoms with Gasteiger partial charge in [-0.05, 0) is 48.2 Å². The Labute approximate surface area is 274 Å². The number of Topliss-reactive ketones (excluding diaryl/α,β-unsaturated/α-hetero) is 1. The molecule has 0 radical (unpaired) electrons. The fraction of sp³-hybridized carbons (Fsp3) is 0.345. The summed E-state index contributed by atoms with van der Waals surface area (Å²) in [6.45, 7) is 4.06. The summed E-state index contributed by atoms with van der Waals surface area (Å²) in [5, 5.41) is 6.13. The molecule has 0 unspecified atom stereocenters. The molecule has 4 N–H and O–H groups in total. The van der Waals surface area contributed by atoms with Crippen molar-refractivity contribution in [3.8, 4) is 22.8 Å². The van der Waals surface area contributed by atoms with Crippen LogP contribution in [0.4, 0.5) is 26.3 Å². The molecule has 1 aromatic heterocycles. The number of halogens is 7. The maximum Gasteiger partial charge on any atom is 0.449 e. The van der Waals surface area contributed by atoms with E-state index in [4.69, 9.17) is 34.1 Å². The first-order chi connectivity index (χ1) is 21.4. The highest BCUT2D eigenvalue weighted by Gasteiger charge is 2.34. The number of alkyl halides is 7. The van der Waals surface area contributed by atoms with Crippen LogP contribution in [-0.4, -0.2) is 59.6 Å². The number of carbonyl (C=O) groups excluding carboxylic acids is 5. The zero-order chi connectivity index (χ0) is 36.1. The van der Waals surface area contributed by atoms with E-state index in [0.717, 1.165) is 24.6 Å². The zero-order valence-electron chi connectivity index (χ0n) is 24.7. The monoisotopic (exact) mass is 742 g/mol. The summed E-state index contributed by atoms with van der Waals surface area (Å²) in [7, 11) is 3.07. The van der Waals surface area contributed by atoms with Crippen molar-refractivity contribution in [3.63, 3.8) is 0 Å². The third-order valence-corrected chi connectivity index (χ3v) is 5.72. The molecule has 11 nitrogen and oxygen atoms in total. The number of H-pyrrole nitrogens is 1. The molecule has 18 heteroatoms. The molecule has 0 amide bonds. The summed E-state index contributed by atoms with van der Waals surface area (Å²) in [5.74, 6) is -1.54. The number of imidazole rings is 1. The number of amidine groups is 1. The van der Waals surface area contributed by atoms with Gasteiger partial charge < -0.3 is 20.2 Å². The van der Waals surface area contributed by atoms with Gasteiger partial charge in [0.1, 0.15) is 11.5 Å². The number of nitrogens with two attached hydrogens (primary N) is 1. The minimum absolute atomic E-state index is 0. The lowest BCUT2D eigenvalue weighted by Gasteiger charge is -2.08. The standard InChI is InChI=1S/C13H13F3N2O.C11H13BrO2.C2H3F3N2.2CO2.CH4/c1-3-8-4-5-9(11(6-8)19-2)10-7-17-12(18-10)13(14,15)16;1-3-8-4-5-9(10(13)7-12)11(6-8)14-2;3-2(4,5)1(6)7;2*2-1-3;/h4-7H,3H2,1-2H3,(H,17,18);4-6H,3,7H2,1-2H3;(H3,6,7);;;1H4. The van der Waals surface area contributed by atoms with Crippen LogP contribution in [0.3, 0.4) is 0 Å². The number of aromatic amines is 1. The number of methoxy groups -OCH3 is 2. The van der Waals surface area contributed by atoms with Crippen LogP contribution in [-0.2, 0) is 38.2 Å². The van der Waals surface area contributed by atoms with Gasteiger partial charge in [0.15, 0.2) is 11.6 Å². The van der Waals surface area contributed by atoms with Gasteiger partial charge in [0.25, 0.3) is 0 Å². The summed E-state index contributed by atoms with van der Waals surface area (Å²) < 4.78 is 80.3. The summed E-state index contributed by atoms with van der Waals surface area (Å²) in [4.78, 5) is 49.6. The first-order valence-corrected chi connectivity index (χ1v) is 13.5. The van der Waals surface area contributed by atoms with Crippen LogP contribution in [0.5, 0.6) is 11.5 Å². The molecule has 0 aliphatic carbocycles. The van der Waals surface area contributed by atoms with Gasteiger partial charge in [-0.25, -0.2) is 4.98 Å². The third-order valence-electron chi connectivity index (χ3n) is 5.21. The van der Waals surface area contributed by atoms with E-state index >= 15 is 0 Å². The molecule has 0 saturated carbocycles. The van der Waals surface area contributed by atoms with Crippen LogP contribution < -0.4 is 15.2 Å². The molecule has 0 fully saturated rings. The van der Waals surface area contributed by atoms with Gasteiger partial charge in [-0.2, -0.15) is 45.5 Å². The molecule has 0 atom stereocenters. The van der Waals surface area contributed by atoms with Crippen LogP contribution in [0.15, 0.2) is 42.6 Å². The van der Waals surface area contributed by atoms with Crippen molar-refractivity contribution >= 4 is 39.9 Å². The Balaban J connectivity index is -0.000000607. The highest BCUT2D eigenvalue weighted by molar-refractivity contribution is 9.09. The molecular weight excluding hydrogens is 710 g/mol. The lowest BCUT2D eigenvalue weighted by Crippen LogP contribution is -2.29. The van der Waals surface area contributed by atoms with Crippen LogP contribution in [0.2, 0.25) is 0 Å². The Morgan fingerprint density at radius 3 is 1.68 bits per heavy atom. The molecule has 1 heterocycles. The molecule has 47 heavy (non-hydrogen) atoms. The smallest absolute Gasteiger partial charge is 0.449 e. The predicted octanol–water partition coefficient (Wildman–Crippen LogP) is 6.46. The molecule has 2 aromatic carbocycles. The second-order valence-electron chi connectivity index (χ2n) is 8.05. The third kappa shape index (κ3) is 17.5. The summed E-state index contributed by atoms with van der Waals surface area (Å²) in [5.41, 5.74) is 7.74. The Morgan fingerprint density at radius 1 is 0.915 bits per heavy atom. The molecule has 0 aliphatic heterocycles. The van der Waals surface area contributed by atoms with Gasteiger partial charge in [0, 0.05) is 5.56 Å². The molecule has 0 bridgehead atoms. The fourth-order valence-corrected chi connectivity index (χ4v) is 3.34. The highest BCUT2D eigenvalue weighted by Crippen LogP contribution is 2.33. The molecule has 3 aromatic rings. The number of nitrogens with zero attached hydrogens (tertiary/aromatic N) is 1.